The van der Waals surface area contributed by atoms with Crippen LogP contribution in [0.1, 0.15) is 10.5 Å². The van der Waals surface area contributed by atoms with Crippen LogP contribution in [0.3, 0.4) is 0 Å². The van der Waals surface area contributed by atoms with Gasteiger partial charge in [0.2, 0.25) is 6.33 Å². The van der Waals surface area contributed by atoms with Gasteiger partial charge in [-0.25, -0.2) is 9.36 Å². The first kappa shape index (κ1) is 9.83. The van der Waals surface area contributed by atoms with Crippen LogP contribution in [-0.4, -0.2) is 30.5 Å². The lowest BCUT2D eigenvalue weighted by molar-refractivity contribution is -0.389. The third-order valence-corrected chi connectivity index (χ3v) is 1.69. The number of imidazole rings is 1. The van der Waals surface area contributed by atoms with E-state index in [2.05, 4.69) is 9.97 Å². The largest absolute Gasteiger partial charge is 0.476 e. The smallest absolute Gasteiger partial charge is 0.382 e. The molecule has 0 amide bonds. The predicted octanol–water partition coefficient (Wildman–Crippen LogP) is 0.467. The molecule has 0 spiro atoms. The number of carboxylic acids is 1. The molecule has 9 nitrogen and oxygen atoms in total. The molecule has 0 aliphatic carbocycles. The Bertz CT molecular complexity index is 506. The van der Waals surface area contributed by atoms with Crippen molar-refractivity contribution in [2.45, 2.75) is 0 Å². The Kier molecular flexibility index (Phi) is 2.12. The van der Waals surface area contributed by atoms with Gasteiger partial charge in [0.1, 0.15) is 12.5 Å². The minimum atomic E-state index is -1.25. The number of aromatic nitrogens is 3. The molecule has 2 rings (SSSR count). The van der Waals surface area contributed by atoms with Crippen molar-refractivity contribution in [3.63, 3.8) is 0 Å². The van der Waals surface area contributed by atoms with Crippen LogP contribution in [-0.2, 0) is 0 Å². The molecule has 0 aliphatic rings. The lowest BCUT2D eigenvalue weighted by Gasteiger charge is -1.88. The fraction of sp³-hybridized carbons (Fsp3) is 0. The second-order valence-corrected chi connectivity index (χ2v) is 2.72. The highest BCUT2D eigenvalue weighted by molar-refractivity contribution is 5.84. The first-order valence-electron chi connectivity index (χ1n) is 3.95. The Morgan fingerprint density at radius 1 is 1.62 bits per heavy atom. The molecule has 0 bridgehead atoms. The van der Waals surface area contributed by atoms with Gasteiger partial charge in [0, 0.05) is 0 Å². The molecule has 0 saturated carbocycles. The van der Waals surface area contributed by atoms with Crippen LogP contribution < -0.4 is 0 Å². The van der Waals surface area contributed by atoms with E-state index in [0.29, 0.717) is 0 Å². The van der Waals surface area contributed by atoms with Crippen LogP contribution in [0.5, 0.6) is 0 Å². The van der Waals surface area contributed by atoms with Crippen LogP contribution in [0.15, 0.2) is 23.2 Å². The van der Waals surface area contributed by atoms with Crippen LogP contribution in [0.4, 0.5) is 5.82 Å². The van der Waals surface area contributed by atoms with Gasteiger partial charge in [-0.1, -0.05) is 0 Å². The Morgan fingerprint density at radius 2 is 2.38 bits per heavy atom. The van der Waals surface area contributed by atoms with Gasteiger partial charge in [-0.3, -0.25) is 0 Å². The van der Waals surface area contributed by atoms with Crippen molar-refractivity contribution in [2.75, 3.05) is 0 Å². The molecule has 1 N–H and O–H groups in total. The Morgan fingerprint density at radius 3 is 2.88 bits per heavy atom. The number of hydrogen-bond acceptors (Lipinski definition) is 6. The molecule has 82 valence electrons. The van der Waals surface area contributed by atoms with Gasteiger partial charge in [0.05, 0.1) is 0 Å². The molecular weight excluding hydrogens is 220 g/mol. The maximum atomic E-state index is 10.5. The zero-order valence-electron chi connectivity index (χ0n) is 7.60. The van der Waals surface area contributed by atoms with Gasteiger partial charge in [0.25, 0.3) is 0 Å². The van der Waals surface area contributed by atoms with E-state index in [1.165, 1.54) is 0 Å². The molecule has 2 aromatic rings. The van der Waals surface area contributed by atoms with Crippen LogP contribution >= 0.6 is 0 Å². The monoisotopic (exact) mass is 224 g/mol. The third kappa shape index (κ3) is 1.61. The topological polar surface area (TPSA) is 124 Å². The summed E-state index contributed by atoms with van der Waals surface area (Å²) in [5.41, 5.74) is -0.286. The fourth-order valence-corrected chi connectivity index (χ4v) is 0.992. The van der Waals surface area contributed by atoms with Crippen molar-refractivity contribution in [1.82, 2.24) is 14.5 Å². The van der Waals surface area contributed by atoms with Crippen molar-refractivity contribution < 1.29 is 19.2 Å². The average molecular weight is 224 g/mol. The highest BCUT2D eigenvalue weighted by Crippen LogP contribution is 2.12. The maximum Gasteiger partial charge on any atom is 0.382 e. The van der Waals surface area contributed by atoms with Crippen molar-refractivity contribution in [1.29, 1.82) is 0 Å². The molecule has 9 heteroatoms. The number of oxazole rings is 1. The van der Waals surface area contributed by atoms with Crippen molar-refractivity contribution >= 4 is 11.8 Å². The highest BCUT2D eigenvalue weighted by atomic mass is 16.6. The summed E-state index contributed by atoms with van der Waals surface area (Å²) in [6.07, 6.45) is 3.11. The summed E-state index contributed by atoms with van der Waals surface area (Å²) in [7, 11) is 0. The molecule has 2 heterocycles. The van der Waals surface area contributed by atoms with Gasteiger partial charge >= 0.3 is 17.8 Å². The summed E-state index contributed by atoms with van der Waals surface area (Å²) < 4.78 is 5.93. The van der Waals surface area contributed by atoms with E-state index in [4.69, 9.17) is 9.52 Å². The Hall–Kier alpha value is -2.71. The average Bonchev–Trinajstić information content (AvgIpc) is 2.86. The predicted molar refractivity (Wildman–Crippen MR) is 47.2 cm³/mol. The first-order valence-corrected chi connectivity index (χ1v) is 3.95. The van der Waals surface area contributed by atoms with E-state index in [9.17, 15) is 14.9 Å². The van der Waals surface area contributed by atoms with Gasteiger partial charge < -0.3 is 19.6 Å². The normalized spacial score (nSPS) is 10.2. The zero-order valence-corrected chi connectivity index (χ0v) is 7.60. The summed E-state index contributed by atoms with van der Waals surface area (Å²) in [5, 5.41) is 18.9. The van der Waals surface area contributed by atoms with Crippen molar-refractivity contribution in [3.8, 4) is 6.01 Å². The van der Waals surface area contributed by atoms with Crippen LogP contribution in [0.25, 0.3) is 6.01 Å². The lowest BCUT2D eigenvalue weighted by atomic mass is 10.5. The van der Waals surface area contributed by atoms with E-state index in [0.717, 1.165) is 23.4 Å². The minimum absolute atomic E-state index is 0.0991. The lowest BCUT2D eigenvalue weighted by Crippen LogP contribution is -1.97. The van der Waals surface area contributed by atoms with E-state index in [-0.39, 0.29) is 17.5 Å². The van der Waals surface area contributed by atoms with Crippen molar-refractivity contribution in [2.24, 2.45) is 0 Å². The summed E-state index contributed by atoms with van der Waals surface area (Å²) >= 11 is 0. The summed E-state index contributed by atoms with van der Waals surface area (Å²) in [4.78, 5) is 27.2. The van der Waals surface area contributed by atoms with E-state index in [1.54, 1.807) is 0 Å². The molecule has 0 unspecified atom stereocenters. The second kappa shape index (κ2) is 3.46. The van der Waals surface area contributed by atoms with Gasteiger partial charge in [-0.2, -0.15) is 4.98 Å². The number of nitrogens with zero attached hydrogens (tertiary/aromatic N) is 4. The molecule has 0 aliphatic heterocycles. The molecular formula is C7H4N4O5. The van der Waals surface area contributed by atoms with Gasteiger partial charge in [-0.05, 0) is 9.91 Å². The standard InChI is InChI=1S/C7H4N4O5/c12-6(13)4-2-16-7(9-4)10-1-5(8-3-10)11(14)15/h1-3H,(H,12,13). The molecule has 0 aromatic carbocycles. The first-order chi connectivity index (χ1) is 7.58. The minimum Gasteiger partial charge on any atom is -0.476 e. The molecule has 16 heavy (non-hydrogen) atoms. The van der Waals surface area contributed by atoms with E-state index >= 15 is 0 Å². The van der Waals surface area contributed by atoms with Crippen LogP contribution in [0, 0.1) is 10.1 Å². The van der Waals surface area contributed by atoms with Crippen LogP contribution in [0.2, 0.25) is 0 Å². The second-order valence-electron chi connectivity index (χ2n) is 2.72. The van der Waals surface area contributed by atoms with Gasteiger partial charge in [0.15, 0.2) is 5.69 Å². The molecule has 2 aromatic heterocycles. The summed E-state index contributed by atoms with van der Waals surface area (Å²) in [6, 6.07) is -0.0991. The number of carbonyl (C=O) groups is 1. The summed E-state index contributed by atoms with van der Waals surface area (Å²) in [6.45, 7) is 0. The highest BCUT2D eigenvalue weighted by Gasteiger charge is 2.16. The van der Waals surface area contributed by atoms with Crippen molar-refractivity contribution in [3.05, 3.63) is 34.6 Å². The van der Waals surface area contributed by atoms with Gasteiger partial charge in [-0.15, -0.1) is 0 Å². The number of aromatic carboxylic acids is 1. The molecule has 0 radical (unpaired) electrons. The molecule has 0 saturated heterocycles. The summed E-state index contributed by atoms with van der Waals surface area (Å²) in [5.74, 6) is -1.63. The fourth-order valence-electron chi connectivity index (χ4n) is 0.992. The third-order valence-electron chi connectivity index (χ3n) is 1.69. The van der Waals surface area contributed by atoms with E-state index in [1.807, 2.05) is 0 Å². The Balaban J connectivity index is 2.35. The molecule has 0 atom stereocenters. The zero-order chi connectivity index (χ0) is 11.7. The quantitative estimate of drug-likeness (QED) is 0.593. The SMILES string of the molecule is O=C(O)c1coc(-n2cnc([N+](=O)[O-])c2)n1. The number of hydrogen-bond donors (Lipinski definition) is 1. The number of rotatable bonds is 3. The molecule has 0 fully saturated rings. The number of carboxylic acid groups (broad SMARTS) is 1. The maximum absolute atomic E-state index is 10.5. The Labute approximate surface area is 87.1 Å². The number of nitro groups is 1. The van der Waals surface area contributed by atoms with E-state index < -0.39 is 10.9 Å².